The summed E-state index contributed by atoms with van der Waals surface area (Å²) in [5.41, 5.74) is 0. The van der Waals surface area contributed by atoms with Gasteiger partial charge in [0.25, 0.3) is 0 Å². The summed E-state index contributed by atoms with van der Waals surface area (Å²) >= 11 is 0. The van der Waals surface area contributed by atoms with Crippen molar-refractivity contribution in [3.63, 3.8) is 0 Å². The van der Waals surface area contributed by atoms with Crippen LogP contribution in [0.5, 0.6) is 0 Å². The van der Waals surface area contributed by atoms with Crippen molar-refractivity contribution in [1.82, 2.24) is 0 Å². The van der Waals surface area contributed by atoms with Gasteiger partial charge in [0.15, 0.2) is 8.38 Å². The Kier molecular flexibility index (Phi) is 10.2. The molecule has 0 aromatic carbocycles. The second-order valence-corrected chi connectivity index (χ2v) is 1.94. The standard InChI is InChI=1S/C2H7O2P.W/c1-4-5(2)3;/h3H,1-2H3;. The fourth-order valence-corrected chi connectivity index (χ4v) is 0. The summed E-state index contributed by atoms with van der Waals surface area (Å²) in [6, 6.07) is 0. The Labute approximate surface area is 53.1 Å². The van der Waals surface area contributed by atoms with E-state index in [1.165, 1.54) is 7.11 Å². The Bertz CT molecular complexity index is 25.5. The summed E-state index contributed by atoms with van der Waals surface area (Å²) in [7, 11) is 0.380. The van der Waals surface area contributed by atoms with E-state index in [4.69, 9.17) is 4.89 Å². The SMILES string of the molecule is COP(C)O.[W]. The molecule has 0 aromatic heterocycles. The fraction of sp³-hybridized carbons (Fsp3) is 1.00. The first-order valence-corrected chi connectivity index (χ1v) is 2.90. The first-order valence-electron chi connectivity index (χ1n) is 1.24. The van der Waals surface area contributed by atoms with Gasteiger partial charge >= 0.3 is 0 Å². The van der Waals surface area contributed by atoms with Crippen molar-refractivity contribution in [2.45, 2.75) is 0 Å². The van der Waals surface area contributed by atoms with Crippen molar-refractivity contribution in [2.75, 3.05) is 13.8 Å². The third-order valence-corrected chi connectivity index (χ3v) is 0.793. The quantitative estimate of drug-likeness (QED) is 0.710. The number of hydrogen-bond acceptors (Lipinski definition) is 2. The maximum Gasteiger partial charge on any atom is 0.164 e. The Balaban J connectivity index is 0. The molecule has 0 radical (unpaired) electrons. The van der Waals surface area contributed by atoms with Crippen molar-refractivity contribution < 1.29 is 30.5 Å². The van der Waals surface area contributed by atoms with Crippen LogP contribution in [0.4, 0.5) is 0 Å². The molecule has 0 spiro atoms. The van der Waals surface area contributed by atoms with Crippen molar-refractivity contribution in [2.24, 2.45) is 0 Å². The summed E-state index contributed by atoms with van der Waals surface area (Å²) in [4.78, 5) is 8.20. The van der Waals surface area contributed by atoms with Gasteiger partial charge in [0.1, 0.15) is 0 Å². The van der Waals surface area contributed by atoms with E-state index < -0.39 is 8.38 Å². The molecule has 1 atom stereocenters. The van der Waals surface area contributed by atoms with Crippen molar-refractivity contribution >= 4 is 8.38 Å². The summed E-state index contributed by atoms with van der Waals surface area (Å²) in [6.07, 6.45) is 0. The average Bonchev–Trinajstić information content (AvgIpc) is 1.38. The molecule has 0 heterocycles. The van der Waals surface area contributed by atoms with Gasteiger partial charge in [-0.1, -0.05) is 0 Å². The largest absolute Gasteiger partial charge is 0.350 e. The van der Waals surface area contributed by atoms with E-state index >= 15 is 0 Å². The zero-order chi connectivity index (χ0) is 4.28. The third-order valence-electron chi connectivity index (χ3n) is 0.264. The molecule has 38 valence electrons. The van der Waals surface area contributed by atoms with Crippen LogP contribution in [0.25, 0.3) is 0 Å². The van der Waals surface area contributed by atoms with E-state index in [0.717, 1.165) is 0 Å². The van der Waals surface area contributed by atoms with Gasteiger partial charge in [0.2, 0.25) is 0 Å². The van der Waals surface area contributed by atoms with Gasteiger partial charge < -0.3 is 9.42 Å². The molecule has 0 saturated carbocycles. The van der Waals surface area contributed by atoms with Gasteiger partial charge in [-0.15, -0.1) is 0 Å². The van der Waals surface area contributed by atoms with Crippen LogP contribution in [0.3, 0.4) is 0 Å². The second kappa shape index (κ2) is 6.04. The Morgan fingerprint density at radius 1 is 1.67 bits per heavy atom. The molecule has 0 aliphatic carbocycles. The van der Waals surface area contributed by atoms with Gasteiger partial charge in [-0.3, -0.25) is 0 Å². The normalized spacial score (nSPS) is 12.5. The van der Waals surface area contributed by atoms with Crippen LogP contribution < -0.4 is 0 Å². The first-order chi connectivity index (χ1) is 2.27. The monoisotopic (exact) mass is 278 g/mol. The topological polar surface area (TPSA) is 29.5 Å². The molecule has 1 N–H and O–H groups in total. The molecule has 0 aromatic rings. The summed E-state index contributed by atoms with van der Waals surface area (Å²) in [5, 5.41) is 0. The van der Waals surface area contributed by atoms with Crippen molar-refractivity contribution in [1.29, 1.82) is 0 Å². The molecular weight excluding hydrogens is 271 g/mol. The van der Waals surface area contributed by atoms with E-state index in [2.05, 4.69) is 4.52 Å². The second-order valence-electron chi connectivity index (χ2n) is 0.647. The minimum absolute atomic E-state index is 0. The average molecular weight is 278 g/mol. The van der Waals surface area contributed by atoms with Crippen molar-refractivity contribution in [3.8, 4) is 0 Å². The van der Waals surface area contributed by atoms with Gasteiger partial charge in [-0.25, -0.2) is 0 Å². The molecule has 0 saturated heterocycles. The van der Waals surface area contributed by atoms with Crippen LogP contribution in [0.1, 0.15) is 0 Å². The van der Waals surface area contributed by atoms with E-state index in [9.17, 15) is 0 Å². The zero-order valence-corrected chi connectivity index (χ0v) is 7.54. The van der Waals surface area contributed by atoms with Gasteiger partial charge in [0.05, 0.1) is 0 Å². The molecule has 0 aliphatic rings. The van der Waals surface area contributed by atoms with Crippen LogP contribution in [-0.2, 0) is 25.6 Å². The third kappa shape index (κ3) is 8.90. The van der Waals surface area contributed by atoms with Gasteiger partial charge in [-0.2, -0.15) is 0 Å². The van der Waals surface area contributed by atoms with Crippen LogP contribution in [-0.4, -0.2) is 18.7 Å². The fourth-order valence-electron chi connectivity index (χ4n) is 0. The Hall–Kier alpha value is 1.04. The minimum atomic E-state index is -1.10. The van der Waals surface area contributed by atoms with Crippen LogP contribution >= 0.6 is 8.38 Å². The molecule has 6 heavy (non-hydrogen) atoms. The molecule has 0 aliphatic heterocycles. The molecule has 0 bridgehead atoms. The Morgan fingerprint density at radius 3 is 1.83 bits per heavy atom. The van der Waals surface area contributed by atoms with Crippen LogP contribution in [0.2, 0.25) is 0 Å². The Morgan fingerprint density at radius 2 is 1.83 bits per heavy atom. The zero-order valence-electron chi connectivity index (χ0n) is 3.71. The maximum absolute atomic E-state index is 8.20. The van der Waals surface area contributed by atoms with Gasteiger partial charge in [0, 0.05) is 34.8 Å². The molecule has 2 nitrogen and oxygen atoms in total. The van der Waals surface area contributed by atoms with E-state index in [1.807, 2.05) is 0 Å². The molecule has 0 rings (SSSR count). The summed E-state index contributed by atoms with van der Waals surface area (Å²) < 4.78 is 4.37. The molecule has 1 unspecified atom stereocenters. The van der Waals surface area contributed by atoms with Crippen LogP contribution in [0, 0.1) is 0 Å². The van der Waals surface area contributed by atoms with E-state index in [0.29, 0.717) is 0 Å². The van der Waals surface area contributed by atoms with Crippen LogP contribution in [0.15, 0.2) is 0 Å². The molecule has 0 amide bonds. The van der Waals surface area contributed by atoms with Crippen molar-refractivity contribution in [3.05, 3.63) is 0 Å². The molecular formula is C2H7O2PW. The van der Waals surface area contributed by atoms with E-state index in [1.54, 1.807) is 6.66 Å². The molecule has 0 fully saturated rings. The number of rotatable bonds is 1. The smallest absolute Gasteiger partial charge is 0.164 e. The maximum atomic E-state index is 8.20. The minimum Gasteiger partial charge on any atom is -0.350 e. The summed E-state index contributed by atoms with van der Waals surface area (Å²) in [5.74, 6) is 0. The summed E-state index contributed by atoms with van der Waals surface area (Å²) in [6.45, 7) is 1.62. The first kappa shape index (κ1) is 10.1. The van der Waals surface area contributed by atoms with Gasteiger partial charge in [-0.05, 0) is 0 Å². The van der Waals surface area contributed by atoms with E-state index in [-0.39, 0.29) is 21.1 Å². The predicted molar refractivity (Wildman–Crippen MR) is 22.1 cm³/mol. The molecule has 4 heteroatoms. The predicted octanol–water partition coefficient (Wildman–Crippen LogP) is 0.564. The number of hydrogen-bond donors (Lipinski definition) is 1.